The first-order chi connectivity index (χ1) is 5.36. The molecule has 0 amide bonds. The average molecular weight is 155 g/mol. The molecule has 0 atom stereocenters. The molecule has 1 aliphatic rings. The van der Waals surface area contributed by atoms with Crippen molar-refractivity contribution in [1.82, 2.24) is 0 Å². The van der Waals surface area contributed by atoms with Crippen molar-refractivity contribution in [2.24, 2.45) is 11.1 Å². The number of nitroso groups, excluding NO2 is 1. The van der Waals surface area contributed by atoms with E-state index in [1.807, 2.05) is 0 Å². The summed E-state index contributed by atoms with van der Waals surface area (Å²) in [6.45, 7) is 0. The molecule has 1 fully saturated rings. The number of hydrogen-bond donors (Lipinski definition) is 0. The Bertz CT molecular complexity index is 139. The minimum absolute atomic E-state index is 0.0258. The molecule has 1 saturated carbocycles. The molecule has 0 saturated heterocycles. The Hall–Kier alpha value is -0.730. The van der Waals surface area contributed by atoms with E-state index in [-0.39, 0.29) is 6.04 Å². The molecule has 0 N–H and O–H groups in total. The van der Waals surface area contributed by atoms with Crippen molar-refractivity contribution in [2.45, 2.75) is 38.1 Å². The van der Waals surface area contributed by atoms with Crippen molar-refractivity contribution in [3.8, 4) is 0 Å². The van der Waals surface area contributed by atoms with E-state index in [2.05, 4.69) is 5.18 Å². The van der Waals surface area contributed by atoms with Gasteiger partial charge >= 0.3 is 0 Å². The highest BCUT2D eigenvalue weighted by Crippen LogP contribution is 2.27. The molecule has 11 heavy (non-hydrogen) atoms. The van der Waals surface area contributed by atoms with Gasteiger partial charge in [-0.3, -0.25) is 0 Å². The molecule has 0 spiro atoms. The van der Waals surface area contributed by atoms with Crippen LogP contribution in [0, 0.1) is 10.8 Å². The number of rotatable bonds is 3. The smallest absolute Gasteiger partial charge is 0.120 e. The van der Waals surface area contributed by atoms with Gasteiger partial charge in [0.05, 0.1) is 6.04 Å². The molecule has 62 valence electrons. The second kappa shape index (κ2) is 4.21. The Labute approximate surface area is 66.1 Å². The quantitative estimate of drug-likeness (QED) is 0.461. The van der Waals surface area contributed by atoms with Crippen molar-refractivity contribution in [3.05, 3.63) is 4.91 Å². The average Bonchev–Trinajstić information content (AvgIpc) is 2.07. The van der Waals surface area contributed by atoms with E-state index < -0.39 is 0 Å². The van der Waals surface area contributed by atoms with Gasteiger partial charge in [-0.05, 0) is 31.6 Å². The van der Waals surface area contributed by atoms with Crippen LogP contribution in [-0.2, 0) is 4.79 Å². The first kappa shape index (κ1) is 8.37. The van der Waals surface area contributed by atoms with Gasteiger partial charge in [-0.2, -0.15) is 4.91 Å². The number of nitrogens with zero attached hydrogens (tertiary/aromatic N) is 1. The van der Waals surface area contributed by atoms with Crippen molar-refractivity contribution in [3.63, 3.8) is 0 Å². The van der Waals surface area contributed by atoms with Gasteiger partial charge in [0.25, 0.3) is 0 Å². The van der Waals surface area contributed by atoms with Crippen LogP contribution in [0.25, 0.3) is 0 Å². The maximum atomic E-state index is 10.1. The van der Waals surface area contributed by atoms with Crippen molar-refractivity contribution >= 4 is 6.29 Å². The number of hydrogen-bond acceptors (Lipinski definition) is 3. The van der Waals surface area contributed by atoms with Crippen LogP contribution in [0.5, 0.6) is 0 Å². The van der Waals surface area contributed by atoms with Crippen LogP contribution < -0.4 is 0 Å². The third-order valence-corrected chi connectivity index (χ3v) is 2.39. The van der Waals surface area contributed by atoms with E-state index in [4.69, 9.17) is 0 Å². The second-order valence-corrected chi connectivity index (χ2v) is 3.18. The van der Waals surface area contributed by atoms with E-state index in [1.165, 1.54) is 0 Å². The minimum Gasteiger partial charge on any atom is -0.303 e. The SMILES string of the molecule is O=CCC1CCC(N=O)CC1. The lowest BCUT2D eigenvalue weighted by atomic mass is 9.85. The molecule has 0 aliphatic heterocycles. The minimum atomic E-state index is 0.0258. The van der Waals surface area contributed by atoms with Gasteiger partial charge in [0, 0.05) is 6.42 Å². The summed E-state index contributed by atoms with van der Waals surface area (Å²) in [7, 11) is 0. The third-order valence-electron chi connectivity index (χ3n) is 2.39. The largest absolute Gasteiger partial charge is 0.303 e. The molecular formula is C8H13NO2. The van der Waals surface area contributed by atoms with Gasteiger partial charge in [-0.25, -0.2) is 0 Å². The summed E-state index contributed by atoms with van der Waals surface area (Å²) in [5.74, 6) is 0.519. The van der Waals surface area contributed by atoms with E-state index in [9.17, 15) is 9.70 Å². The summed E-state index contributed by atoms with van der Waals surface area (Å²) >= 11 is 0. The number of aldehydes is 1. The van der Waals surface area contributed by atoms with E-state index in [0.29, 0.717) is 12.3 Å². The predicted octanol–water partition coefficient (Wildman–Crippen LogP) is 1.90. The molecule has 0 aromatic heterocycles. The highest BCUT2D eigenvalue weighted by atomic mass is 16.3. The lowest BCUT2D eigenvalue weighted by Gasteiger charge is -2.22. The standard InChI is InChI=1S/C8H13NO2/c10-6-5-7-1-3-8(9-11)4-2-7/h6-8H,1-5H2. The molecule has 0 heterocycles. The van der Waals surface area contributed by atoms with Crippen molar-refractivity contribution in [1.29, 1.82) is 0 Å². The molecule has 1 rings (SSSR count). The predicted molar refractivity (Wildman–Crippen MR) is 42.2 cm³/mol. The number of carbonyl (C=O) groups excluding carboxylic acids is 1. The van der Waals surface area contributed by atoms with E-state index >= 15 is 0 Å². The molecule has 3 heteroatoms. The normalized spacial score (nSPS) is 31.3. The second-order valence-electron chi connectivity index (χ2n) is 3.18. The molecule has 0 bridgehead atoms. The summed E-state index contributed by atoms with van der Waals surface area (Å²) in [5.41, 5.74) is 0. The zero-order chi connectivity index (χ0) is 8.10. The molecular weight excluding hydrogens is 142 g/mol. The van der Waals surface area contributed by atoms with Gasteiger partial charge in [0.1, 0.15) is 6.29 Å². The summed E-state index contributed by atoms with van der Waals surface area (Å²) < 4.78 is 0. The first-order valence-corrected chi connectivity index (χ1v) is 4.13. The lowest BCUT2D eigenvalue weighted by molar-refractivity contribution is -0.108. The fourth-order valence-corrected chi connectivity index (χ4v) is 1.62. The topological polar surface area (TPSA) is 46.5 Å². The van der Waals surface area contributed by atoms with Crippen LogP contribution in [0.3, 0.4) is 0 Å². The molecule has 0 aromatic rings. The van der Waals surface area contributed by atoms with Gasteiger partial charge < -0.3 is 4.79 Å². The summed E-state index contributed by atoms with van der Waals surface area (Å²) in [6, 6.07) is 0.0258. The highest BCUT2D eigenvalue weighted by molar-refractivity contribution is 5.49. The maximum absolute atomic E-state index is 10.1. The zero-order valence-electron chi connectivity index (χ0n) is 6.53. The number of carbonyl (C=O) groups is 1. The van der Waals surface area contributed by atoms with Crippen LogP contribution in [-0.4, -0.2) is 12.3 Å². The van der Waals surface area contributed by atoms with Crippen LogP contribution in [0.1, 0.15) is 32.1 Å². The summed E-state index contributed by atoms with van der Waals surface area (Å²) in [6.07, 6.45) is 5.37. The molecule has 0 unspecified atom stereocenters. The Balaban J connectivity index is 2.23. The fraction of sp³-hybridized carbons (Fsp3) is 0.875. The first-order valence-electron chi connectivity index (χ1n) is 4.13. The molecule has 1 aliphatic carbocycles. The Morgan fingerprint density at radius 1 is 1.27 bits per heavy atom. The third kappa shape index (κ3) is 2.41. The Kier molecular flexibility index (Phi) is 3.20. The van der Waals surface area contributed by atoms with Crippen LogP contribution in [0.4, 0.5) is 0 Å². The van der Waals surface area contributed by atoms with Crippen molar-refractivity contribution in [2.75, 3.05) is 0 Å². The maximum Gasteiger partial charge on any atom is 0.120 e. The Morgan fingerprint density at radius 2 is 1.91 bits per heavy atom. The summed E-state index contributed by atoms with van der Waals surface area (Å²) in [4.78, 5) is 20.2. The van der Waals surface area contributed by atoms with E-state index in [0.717, 1.165) is 32.0 Å². The fourth-order valence-electron chi connectivity index (χ4n) is 1.62. The molecule has 3 nitrogen and oxygen atoms in total. The van der Waals surface area contributed by atoms with Gasteiger partial charge in [0.2, 0.25) is 0 Å². The van der Waals surface area contributed by atoms with Gasteiger partial charge in [0.15, 0.2) is 0 Å². The van der Waals surface area contributed by atoms with Crippen LogP contribution >= 0.6 is 0 Å². The van der Waals surface area contributed by atoms with Crippen LogP contribution in [0.2, 0.25) is 0 Å². The molecule has 0 aromatic carbocycles. The van der Waals surface area contributed by atoms with E-state index in [1.54, 1.807) is 0 Å². The zero-order valence-corrected chi connectivity index (χ0v) is 6.53. The Morgan fingerprint density at radius 3 is 2.36 bits per heavy atom. The van der Waals surface area contributed by atoms with Crippen molar-refractivity contribution < 1.29 is 4.79 Å². The summed E-state index contributed by atoms with van der Waals surface area (Å²) in [5, 5.41) is 3.00. The van der Waals surface area contributed by atoms with Gasteiger partial charge in [-0.15, -0.1) is 0 Å². The van der Waals surface area contributed by atoms with Gasteiger partial charge in [-0.1, -0.05) is 5.18 Å². The van der Waals surface area contributed by atoms with Crippen LogP contribution in [0.15, 0.2) is 5.18 Å². The lowest BCUT2D eigenvalue weighted by Crippen LogP contribution is -2.16. The monoisotopic (exact) mass is 155 g/mol. The highest BCUT2D eigenvalue weighted by Gasteiger charge is 2.20. The molecule has 0 radical (unpaired) electrons.